The van der Waals surface area contributed by atoms with Crippen molar-refractivity contribution in [3.05, 3.63) is 59.4 Å². The topological polar surface area (TPSA) is 12.0 Å². The number of hydrogen-bond acceptors (Lipinski definition) is 1. The summed E-state index contributed by atoms with van der Waals surface area (Å²) < 4.78 is 13.8. The highest BCUT2D eigenvalue weighted by atomic mass is 19.1. The third kappa shape index (κ3) is 3.65. The molecule has 2 rings (SSSR count). The molecule has 1 N–H and O–H groups in total. The Labute approximate surface area is 114 Å². The van der Waals surface area contributed by atoms with E-state index in [1.165, 1.54) is 5.56 Å². The van der Waals surface area contributed by atoms with Gasteiger partial charge in [0, 0.05) is 18.2 Å². The van der Waals surface area contributed by atoms with Gasteiger partial charge in [-0.05, 0) is 30.2 Å². The number of rotatable bonds is 4. The summed E-state index contributed by atoms with van der Waals surface area (Å²) in [4.78, 5) is 0. The summed E-state index contributed by atoms with van der Waals surface area (Å²) in [5.74, 6) is -0.149. The van der Waals surface area contributed by atoms with Crippen molar-refractivity contribution in [3.8, 4) is 11.1 Å². The van der Waals surface area contributed by atoms with E-state index in [0.717, 1.165) is 11.1 Å². The highest BCUT2D eigenvalue weighted by Crippen LogP contribution is 2.22. The summed E-state index contributed by atoms with van der Waals surface area (Å²) >= 11 is 0. The van der Waals surface area contributed by atoms with Crippen molar-refractivity contribution in [1.29, 1.82) is 0 Å². The van der Waals surface area contributed by atoms with Crippen LogP contribution in [-0.4, -0.2) is 6.04 Å². The average Bonchev–Trinajstić information content (AvgIpc) is 2.39. The molecule has 0 aliphatic heterocycles. The van der Waals surface area contributed by atoms with Gasteiger partial charge in [0.05, 0.1) is 0 Å². The zero-order chi connectivity index (χ0) is 13.8. The molecule has 0 aliphatic rings. The maximum absolute atomic E-state index is 13.8. The molecular formula is C17H20FN. The highest BCUT2D eigenvalue weighted by Gasteiger charge is 2.05. The first-order valence-electron chi connectivity index (χ1n) is 6.65. The summed E-state index contributed by atoms with van der Waals surface area (Å²) in [5, 5.41) is 3.25. The first-order valence-corrected chi connectivity index (χ1v) is 6.65. The molecule has 0 aliphatic carbocycles. The van der Waals surface area contributed by atoms with Gasteiger partial charge in [-0.2, -0.15) is 0 Å². The Balaban J connectivity index is 2.27. The minimum atomic E-state index is -0.149. The molecule has 0 saturated carbocycles. The number of aryl methyl sites for hydroxylation is 1. The standard InChI is InChI=1S/C17H20FN/c1-12(2)19-11-16-10-15(8-9-17(16)18)14-6-4-13(3)5-7-14/h4-10,12,19H,11H2,1-3H3. The summed E-state index contributed by atoms with van der Waals surface area (Å²) in [5.41, 5.74) is 4.12. The van der Waals surface area contributed by atoms with Crippen molar-refractivity contribution < 1.29 is 4.39 Å². The van der Waals surface area contributed by atoms with Crippen molar-refractivity contribution >= 4 is 0 Å². The molecule has 0 fully saturated rings. The van der Waals surface area contributed by atoms with E-state index in [-0.39, 0.29) is 5.82 Å². The number of nitrogens with one attached hydrogen (secondary N) is 1. The van der Waals surface area contributed by atoms with Gasteiger partial charge >= 0.3 is 0 Å². The van der Waals surface area contributed by atoms with Crippen LogP contribution >= 0.6 is 0 Å². The van der Waals surface area contributed by atoms with Crippen molar-refractivity contribution in [2.24, 2.45) is 0 Å². The lowest BCUT2D eigenvalue weighted by atomic mass is 10.0. The van der Waals surface area contributed by atoms with Crippen LogP contribution in [0.1, 0.15) is 25.0 Å². The maximum atomic E-state index is 13.8. The highest BCUT2D eigenvalue weighted by molar-refractivity contribution is 5.64. The van der Waals surface area contributed by atoms with Gasteiger partial charge in [-0.1, -0.05) is 49.7 Å². The Bertz CT molecular complexity index is 544. The zero-order valence-corrected chi connectivity index (χ0v) is 11.7. The Morgan fingerprint density at radius 3 is 2.26 bits per heavy atom. The van der Waals surface area contributed by atoms with Crippen molar-refractivity contribution in [2.45, 2.75) is 33.4 Å². The molecule has 0 unspecified atom stereocenters. The van der Waals surface area contributed by atoms with Gasteiger partial charge < -0.3 is 5.32 Å². The Morgan fingerprint density at radius 2 is 1.63 bits per heavy atom. The largest absolute Gasteiger partial charge is 0.310 e. The third-order valence-corrected chi connectivity index (χ3v) is 3.13. The normalized spacial score (nSPS) is 11.0. The number of halogens is 1. The van der Waals surface area contributed by atoms with Crippen molar-refractivity contribution in [1.82, 2.24) is 5.32 Å². The summed E-state index contributed by atoms with van der Waals surface area (Å²) in [6, 6.07) is 13.9. The molecule has 0 aromatic heterocycles. The molecule has 1 nitrogen and oxygen atoms in total. The second-order valence-electron chi connectivity index (χ2n) is 5.21. The minimum Gasteiger partial charge on any atom is -0.310 e. The van der Waals surface area contributed by atoms with Gasteiger partial charge in [-0.25, -0.2) is 4.39 Å². The van der Waals surface area contributed by atoms with E-state index in [2.05, 4.69) is 50.4 Å². The fourth-order valence-electron chi connectivity index (χ4n) is 1.95. The Hall–Kier alpha value is -1.67. The van der Waals surface area contributed by atoms with Crippen LogP contribution in [0.25, 0.3) is 11.1 Å². The lowest BCUT2D eigenvalue weighted by molar-refractivity contribution is 0.553. The predicted molar refractivity (Wildman–Crippen MR) is 78.5 cm³/mol. The van der Waals surface area contributed by atoms with Gasteiger partial charge in [-0.15, -0.1) is 0 Å². The lowest BCUT2D eigenvalue weighted by Crippen LogP contribution is -2.22. The van der Waals surface area contributed by atoms with E-state index in [9.17, 15) is 4.39 Å². The van der Waals surface area contributed by atoms with E-state index in [1.54, 1.807) is 6.07 Å². The quantitative estimate of drug-likeness (QED) is 0.861. The number of benzene rings is 2. The van der Waals surface area contributed by atoms with Crippen LogP contribution in [0.3, 0.4) is 0 Å². The molecule has 0 heterocycles. The van der Waals surface area contributed by atoms with Gasteiger partial charge in [0.1, 0.15) is 5.82 Å². The zero-order valence-electron chi connectivity index (χ0n) is 11.7. The minimum absolute atomic E-state index is 0.149. The molecule has 0 saturated heterocycles. The van der Waals surface area contributed by atoms with E-state index < -0.39 is 0 Å². The van der Waals surface area contributed by atoms with E-state index >= 15 is 0 Å². The second-order valence-corrected chi connectivity index (χ2v) is 5.21. The van der Waals surface area contributed by atoms with Gasteiger partial charge in [-0.3, -0.25) is 0 Å². The molecule has 2 aromatic carbocycles. The third-order valence-electron chi connectivity index (χ3n) is 3.13. The lowest BCUT2D eigenvalue weighted by Gasteiger charge is -2.11. The molecule has 0 bridgehead atoms. The monoisotopic (exact) mass is 257 g/mol. The summed E-state index contributed by atoms with van der Waals surface area (Å²) in [6.07, 6.45) is 0. The van der Waals surface area contributed by atoms with Crippen LogP contribution in [0.4, 0.5) is 4.39 Å². The van der Waals surface area contributed by atoms with Crippen molar-refractivity contribution in [2.75, 3.05) is 0 Å². The molecule has 0 spiro atoms. The fourth-order valence-corrected chi connectivity index (χ4v) is 1.95. The van der Waals surface area contributed by atoms with Crippen LogP contribution in [0.5, 0.6) is 0 Å². The molecule has 19 heavy (non-hydrogen) atoms. The van der Waals surface area contributed by atoms with Crippen molar-refractivity contribution in [3.63, 3.8) is 0 Å². The SMILES string of the molecule is Cc1ccc(-c2ccc(F)c(CNC(C)C)c2)cc1. The molecular weight excluding hydrogens is 237 g/mol. The predicted octanol–water partition coefficient (Wildman–Crippen LogP) is 4.30. The maximum Gasteiger partial charge on any atom is 0.127 e. The molecule has 0 radical (unpaired) electrons. The van der Waals surface area contributed by atoms with Crippen LogP contribution in [-0.2, 0) is 6.54 Å². The van der Waals surface area contributed by atoms with Crippen LogP contribution < -0.4 is 5.32 Å². The average molecular weight is 257 g/mol. The first-order chi connectivity index (χ1) is 9.06. The van der Waals surface area contributed by atoms with Gasteiger partial charge in [0.2, 0.25) is 0 Å². The van der Waals surface area contributed by atoms with E-state index in [1.807, 2.05) is 12.1 Å². The second kappa shape index (κ2) is 5.98. The van der Waals surface area contributed by atoms with Gasteiger partial charge in [0.25, 0.3) is 0 Å². The molecule has 100 valence electrons. The van der Waals surface area contributed by atoms with Gasteiger partial charge in [0.15, 0.2) is 0 Å². The van der Waals surface area contributed by atoms with E-state index in [0.29, 0.717) is 18.2 Å². The summed E-state index contributed by atoms with van der Waals surface area (Å²) in [7, 11) is 0. The fraction of sp³-hybridized carbons (Fsp3) is 0.294. The smallest absolute Gasteiger partial charge is 0.127 e. The molecule has 0 atom stereocenters. The molecule has 2 heteroatoms. The Morgan fingerprint density at radius 1 is 1.00 bits per heavy atom. The Kier molecular flexibility index (Phi) is 4.33. The van der Waals surface area contributed by atoms with E-state index in [4.69, 9.17) is 0 Å². The summed E-state index contributed by atoms with van der Waals surface area (Å²) in [6.45, 7) is 6.74. The molecule has 0 amide bonds. The van der Waals surface area contributed by atoms with Crippen LogP contribution in [0, 0.1) is 12.7 Å². The number of hydrogen-bond donors (Lipinski definition) is 1. The molecule has 2 aromatic rings. The van der Waals surface area contributed by atoms with Crippen LogP contribution in [0.2, 0.25) is 0 Å². The first kappa shape index (κ1) is 13.8. The van der Waals surface area contributed by atoms with Crippen LogP contribution in [0.15, 0.2) is 42.5 Å².